The number of hydrogen-bond donors (Lipinski definition) is 0. The Labute approximate surface area is 63.4 Å². The average Bonchev–Trinajstić information content (AvgIpc) is 1.72. The van der Waals surface area contributed by atoms with Crippen LogP contribution in [0.2, 0.25) is 0 Å². The van der Waals surface area contributed by atoms with Gasteiger partial charge in [0.2, 0.25) is 0 Å². The zero-order valence-electron chi connectivity index (χ0n) is 5.52. The van der Waals surface area contributed by atoms with E-state index >= 15 is 0 Å². The van der Waals surface area contributed by atoms with E-state index in [1.807, 2.05) is 0 Å². The summed E-state index contributed by atoms with van der Waals surface area (Å²) in [4.78, 5) is 0. The molecule has 3 nitrogen and oxygen atoms in total. The van der Waals surface area contributed by atoms with Crippen molar-refractivity contribution in [1.82, 2.24) is 15.4 Å². The highest BCUT2D eigenvalue weighted by Gasteiger charge is 1.60. The van der Waals surface area contributed by atoms with E-state index in [2.05, 4.69) is 15.4 Å². The lowest BCUT2D eigenvalue weighted by Crippen LogP contribution is -1.78. The van der Waals surface area contributed by atoms with Gasteiger partial charge in [0, 0.05) is 0 Å². The van der Waals surface area contributed by atoms with Gasteiger partial charge in [0.15, 0.2) is 0 Å². The maximum atomic E-state index is 3.42. The predicted octanol–water partition coefficient (Wildman–Crippen LogP) is 0.787. The molecule has 78 valence electrons. The Bertz CT molecular complexity index is 90.0. The molecule has 0 aliphatic heterocycles. The Morgan fingerprint density at radius 3 is 1.00 bits per heavy atom. The van der Waals surface area contributed by atoms with E-state index in [9.17, 15) is 0 Å². The average molecular weight is 201 g/mol. The van der Waals surface area contributed by atoms with Crippen LogP contribution >= 0.6 is 0 Å². The number of aromatic nitrogens is 3. The molecule has 0 spiro atoms. The molecular weight excluding hydrogens is 192 g/mol. The second-order valence-corrected chi connectivity index (χ2v) is 0.811. The number of nitrogens with zero attached hydrogens (tertiary/aromatic N) is 3. The van der Waals surface area contributed by atoms with Crippen LogP contribution in [0.15, 0.2) is 18.5 Å². The smallest absolute Gasteiger partial charge is 0.0529 e. The molecule has 1 rings (SSSR count). The first-order valence-corrected chi connectivity index (χ1v) is 1.58. The minimum atomic E-state index is 0. The number of halogens is 6. The lowest BCUT2D eigenvalue weighted by molar-refractivity contribution is 0.865. The second-order valence-electron chi connectivity index (χ2n) is 0.811. The molecule has 1 aromatic rings. The van der Waals surface area contributed by atoms with Crippen LogP contribution < -0.4 is 0 Å². The molecule has 0 unspecified atom stereocenters. The van der Waals surface area contributed by atoms with Gasteiger partial charge in [-0.15, -0.1) is 10.2 Å². The van der Waals surface area contributed by atoms with Crippen LogP contribution in [0, 0.1) is 0 Å². The third-order valence-corrected chi connectivity index (χ3v) is 0.409. The summed E-state index contributed by atoms with van der Waals surface area (Å²) < 4.78 is 0. The van der Waals surface area contributed by atoms with Crippen molar-refractivity contribution in [1.29, 1.82) is 0 Å². The van der Waals surface area contributed by atoms with Crippen molar-refractivity contribution in [2.45, 2.75) is 0 Å². The molecule has 0 amide bonds. The molecule has 1 aromatic heterocycles. The monoisotopic (exact) mass is 201 g/mol. The van der Waals surface area contributed by atoms with Gasteiger partial charge in [-0.3, -0.25) is 28.2 Å². The van der Waals surface area contributed by atoms with E-state index in [0.29, 0.717) is 0 Å². The second kappa shape index (κ2) is 33.6. The molecule has 1 heterocycles. The summed E-state index contributed by atoms with van der Waals surface area (Å²) in [5.74, 6) is 0. The van der Waals surface area contributed by atoms with Gasteiger partial charge in [-0.25, -0.2) is 0 Å². The summed E-state index contributed by atoms with van der Waals surface area (Å²) in [6.07, 6.45) is 3.15. The predicted molar refractivity (Wildman–Crippen MR) is 34.8 cm³/mol. The molecule has 0 saturated heterocycles. The Hall–Kier alpha value is -1.41. The van der Waals surface area contributed by atoms with Crippen LogP contribution in [0.5, 0.6) is 0 Å². The van der Waals surface area contributed by atoms with Crippen LogP contribution in [-0.4, -0.2) is 15.4 Å². The van der Waals surface area contributed by atoms with Crippen molar-refractivity contribution in [3.63, 3.8) is 0 Å². The van der Waals surface area contributed by atoms with Crippen molar-refractivity contribution >= 4 is 0 Å². The van der Waals surface area contributed by atoms with Gasteiger partial charge in [0.25, 0.3) is 0 Å². The highest BCUT2D eigenvalue weighted by molar-refractivity contribution is 4.69. The van der Waals surface area contributed by atoms with E-state index in [-0.39, 0.29) is 28.2 Å². The van der Waals surface area contributed by atoms with Gasteiger partial charge in [-0.05, 0) is 11.3 Å². The highest BCUT2D eigenvalue weighted by atomic mass is 19.0. The van der Waals surface area contributed by atoms with Gasteiger partial charge < -0.3 is 0 Å². The van der Waals surface area contributed by atoms with Crippen LogP contribution in [0.25, 0.3) is 0 Å². The number of rotatable bonds is 0. The molecular formula is C3H9F6N3. The van der Waals surface area contributed by atoms with Gasteiger partial charge in [-0.1, -0.05) is 0 Å². The molecule has 0 aliphatic carbocycles. The Kier molecular flexibility index (Phi) is 129. The van der Waals surface area contributed by atoms with E-state index < -0.39 is 0 Å². The molecule has 0 aliphatic rings. The largest absolute Gasteiger partial charge is 0.269 e. The quantitative estimate of drug-likeness (QED) is 0.582. The summed E-state index contributed by atoms with van der Waals surface area (Å²) in [7, 11) is 0. The third kappa shape index (κ3) is 23.5. The lowest BCUT2D eigenvalue weighted by Gasteiger charge is -1.68. The maximum Gasteiger partial charge on any atom is 0.0529 e. The summed E-state index contributed by atoms with van der Waals surface area (Å²) in [5, 5.41) is 10.1. The standard InChI is InChI=1S/C3H3N3.6FH/c1-2-4-6-5-3-1;;;;;;/h1-3H;6*1H. The van der Waals surface area contributed by atoms with Crippen LogP contribution in [-0.2, 0) is 0 Å². The SMILES string of the molecule is F.F.F.F.F.F.c1cnnnc1. The molecule has 0 saturated carbocycles. The van der Waals surface area contributed by atoms with E-state index in [4.69, 9.17) is 0 Å². The maximum absolute atomic E-state index is 3.42. The minimum absolute atomic E-state index is 0. The van der Waals surface area contributed by atoms with Gasteiger partial charge in [0.1, 0.15) is 0 Å². The van der Waals surface area contributed by atoms with E-state index in [1.54, 1.807) is 18.5 Å². The van der Waals surface area contributed by atoms with E-state index in [0.717, 1.165) is 0 Å². The van der Waals surface area contributed by atoms with Gasteiger partial charge in [-0.2, -0.15) is 0 Å². The van der Waals surface area contributed by atoms with Crippen molar-refractivity contribution in [3.05, 3.63) is 18.5 Å². The Morgan fingerprint density at radius 2 is 0.917 bits per heavy atom. The van der Waals surface area contributed by atoms with Crippen LogP contribution in [0.1, 0.15) is 0 Å². The van der Waals surface area contributed by atoms with Gasteiger partial charge >= 0.3 is 0 Å². The fourth-order valence-corrected chi connectivity index (χ4v) is 0.205. The lowest BCUT2D eigenvalue weighted by atomic mass is 10.7. The van der Waals surface area contributed by atoms with Crippen molar-refractivity contribution in [3.8, 4) is 0 Å². The normalized spacial score (nSPS) is 4.00. The van der Waals surface area contributed by atoms with Crippen molar-refractivity contribution in [2.24, 2.45) is 0 Å². The fraction of sp³-hybridized carbons (Fsp3) is 0. The topological polar surface area (TPSA) is 38.7 Å². The summed E-state index contributed by atoms with van der Waals surface area (Å²) in [6.45, 7) is 0. The first kappa shape index (κ1) is 46.2. The molecule has 0 bridgehead atoms. The van der Waals surface area contributed by atoms with Crippen LogP contribution in [0.3, 0.4) is 0 Å². The molecule has 12 heavy (non-hydrogen) atoms. The molecule has 0 N–H and O–H groups in total. The Balaban J connectivity index is -0.0000000150. The fourth-order valence-electron chi connectivity index (χ4n) is 0.205. The summed E-state index contributed by atoms with van der Waals surface area (Å²) >= 11 is 0. The third-order valence-electron chi connectivity index (χ3n) is 0.409. The molecule has 0 aromatic carbocycles. The molecule has 9 heteroatoms. The zero-order valence-corrected chi connectivity index (χ0v) is 5.52. The zero-order chi connectivity index (χ0) is 4.24. The summed E-state index contributed by atoms with van der Waals surface area (Å²) in [6, 6.07) is 1.72. The highest BCUT2D eigenvalue weighted by Crippen LogP contribution is 1.61. The number of hydrogen-bond acceptors (Lipinski definition) is 3. The van der Waals surface area contributed by atoms with Crippen molar-refractivity contribution < 1.29 is 28.2 Å². The van der Waals surface area contributed by atoms with E-state index in [1.165, 1.54) is 0 Å². The minimum Gasteiger partial charge on any atom is -0.269 e. The first-order chi connectivity index (χ1) is 3.00. The first-order valence-electron chi connectivity index (χ1n) is 1.58. The Morgan fingerprint density at radius 1 is 0.583 bits per heavy atom. The summed E-state index contributed by atoms with van der Waals surface area (Å²) in [5.41, 5.74) is 0. The van der Waals surface area contributed by atoms with Gasteiger partial charge in [0.05, 0.1) is 12.4 Å². The molecule has 0 fully saturated rings. The molecule has 0 atom stereocenters. The van der Waals surface area contributed by atoms with Crippen LogP contribution in [0.4, 0.5) is 28.2 Å². The van der Waals surface area contributed by atoms with Crippen molar-refractivity contribution in [2.75, 3.05) is 0 Å². The molecule has 0 radical (unpaired) electrons.